The van der Waals surface area contributed by atoms with Gasteiger partial charge >= 0.3 is 5.97 Å². The van der Waals surface area contributed by atoms with Crippen molar-refractivity contribution in [3.63, 3.8) is 0 Å². The summed E-state index contributed by atoms with van der Waals surface area (Å²) < 4.78 is 38.5. The van der Waals surface area contributed by atoms with Gasteiger partial charge in [0, 0.05) is 23.2 Å². The maximum atomic E-state index is 15.1. The number of thioether (sulfide) groups is 1. The minimum Gasteiger partial charge on any atom is -0.468 e. The molecule has 1 aromatic carbocycles. The van der Waals surface area contributed by atoms with E-state index in [1.54, 1.807) is 13.8 Å². The van der Waals surface area contributed by atoms with Gasteiger partial charge in [0.2, 0.25) is 5.88 Å². The molecule has 1 aliphatic rings. The molecule has 3 N–H and O–H groups in total. The lowest BCUT2D eigenvalue weighted by atomic mass is 9.73. The van der Waals surface area contributed by atoms with Crippen LogP contribution in [0, 0.1) is 29.9 Å². The number of ether oxygens (including phenoxy) is 2. The van der Waals surface area contributed by atoms with Crippen LogP contribution >= 0.6 is 11.8 Å². The Hall–Kier alpha value is -3.72. The third-order valence-corrected chi connectivity index (χ3v) is 7.16. The molecule has 9 nitrogen and oxygen atoms in total. The highest BCUT2D eigenvalue weighted by atomic mass is 32.2. The summed E-state index contributed by atoms with van der Waals surface area (Å²) in [5.74, 6) is -1.99. The van der Waals surface area contributed by atoms with Gasteiger partial charge in [-0.05, 0) is 19.9 Å². The minimum absolute atomic E-state index is 0.00941. The number of benzene rings is 1. The number of halogens is 2. The van der Waals surface area contributed by atoms with E-state index < -0.39 is 39.7 Å². The smallest absolute Gasteiger partial charge is 0.322 e. The molecule has 35 heavy (non-hydrogen) atoms. The quantitative estimate of drug-likeness (QED) is 0.455. The van der Waals surface area contributed by atoms with Crippen LogP contribution in [0.4, 0.5) is 14.5 Å². The number of nitrogens with two attached hydrogens (primary N) is 1. The molecule has 0 fully saturated rings. The number of hydrogen-bond acceptors (Lipinski definition) is 9. The van der Waals surface area contributed by atoms with Gasteiger partial charge in [-0.15, -0.1) is 6.42 Å². The molecule has 3 atom stereocenters. The van der Waals surface area contributed by atoms with E-state index in [9.17, 15) is 14.0 Å². The number of methoxy groups -OCH3 is 1. The van der Waals surface area contributed by atoms with Gasteiger partial charge in [-0.2, -0.15) is 0 Å². The number of carbonyl (C=O) groups is 2. The van der Waals surface area contributed by atoms with E-state index in [0.717, 1.165) is 24.0 Å². The van der Waals surface area contributed by atoms with Gasteiger partial charge in [0.15, 0.2) is 23.4 Å². The van der Waals surface area contributed by atoms with Crippen molar-refractivity contribution in [3.05, 3.63) is 47.4 Å². The first-order chi connectivity index (χ1) is 16.5. The highest BCUT2D eigenvalue weighted by Gasteiger charge is 2.55. The molecule has 12 heteroatoms. The Kier molecular flexibility index (Phi) is 7.30. The number of aromatic nitrogens is 2. The second-order valence-electron chi connectivity index (χ2n) is 8.03. The normalized spacial score (nSPS) is 23.6. The van der Waals surface area contributed by atoms with Crippen LogP contribution in [-0.4, -0.2) is 45.5 Å². The first-order valence-electron chi connectivity index (χ1n) is 10.3. The topological polar surface area (TPSA) is 129 Å². The molecule has 0 unspecified atom stereocenters. The summed E-state index contributed by atoms with van der Waals surface area (Å²) in [5, 5.41) is 2.48. The maximum Gasteiger partial charge on any atom is 0.322 e. The molecule has 1 aromatic heterocycles. The molecular formula is C23H23F2N5O4S. The Bertz CT molecular complexity index is 1230. The number of hydrogen-bond donors (Lipinski definition) is 2. The second kappa shape index (κ2) is 9.87. The molecule has 0 saturated heterocycles. The summed E-state index contributed by atoms with van der Waals surface area (Å²) in [5.41, 5.74) is 4.18. The summed E-state index contributed by atoms with van der Waals surface area (Å²) >= 11 is 0.986. The minimum atomic E-state index is -1.46. The molecular weight excluding hydrogens is 480 g/mol. The molecule has 1 aliphatic heterocycles. The third kappa shape index (κ3) is 4.90. The average Bonchev–Trinajstić information content (AvgIpc) is 2.82. The van der Waals surface area contributed by atoms with E-state index >= 15 is 4.39 Å². The molecule has 0 radical (unpaired) electrons. The number of aliphatic imine (C=N–C) groups is 1. The molecule has 0 spiro atoms. The zero-order chi connectivity index (χ0) is 26.0. The van der Waals surface area contributed by atoms with Crippen LogP contribution in [0.15, 0.2) is 29.5 Å². The van der Waals surface area contributed by atoms with Crippen molar-refractivity contribution >= 4 is 34.5 Å². The SMILES string of the molecule is C#CCOc1cnc(C(=O)Nc2cc(F)c(F)c([C@@]3(C)N=C(N)S[C@](C)(C(=O)OC)[C@H]3C)c2)cn1. The van der Waals surface area contributed by atoms with E-state index in [4.69, 9.17) is 21.6 Å². The number of amides is 1. The Morgan fingerprint density at radius 1 is 1.29 bits per heavy atom. The summed E-state index contributed by atoms with van der Waals surface area (Å²) in [6.07, 6.45) is 7.46. The van der Waals surface area contributed by atoms with E-state index in [1.807, 2.05) is 0 Å². The molecule has 3 rings (SSSR count). The first-order valence-corrected chi connectivity index (χ1v) is 11.1. The highest BCUT2D eigenvalue weighted by Crippen LogP contribution is 2.51. The van der Waals surface area contributed by atoms with Crippen LogP contribution in [0.5, 0.6) is 5.88 Å². The summed E-state index contributed by atoms with van der Waals surface area (Å²) in [6, 6.07) is 2.07. The zero-order valence-corrected chi connectivity index (χ0v) is 20.2. The van der Waals surface area contributed by atoms with Crippen molar-refractivity contribution in [1.29, 1.82) is 0 Å². The van der Waals surface area contributed by atoms with Crippen LogP contribution in [0.1, 0.15) is 36.8 Å². The van der Waals surface area contributed by atoms with Crippen molar-refractivity contribution in [2.75, 3.05) is 19.0 Å². The summed E-state index contributed by atoms with van der Waals surface area (Å²) in [7, 11) is 1.23. The number of anilines is 1. The highest BCUT2D eigenvalue weighted by molar-refractivity contribution is 8.15. The fraction of sp³-hybridized carbons (Fsp3) is 0.348. The molecule has 1 amide bonds. The molecule has 0 bridgehead atoms. The lowest BCUT2D eigenvalue weighted by molar-refractivity contribution is -0.145. The van der Waals surface area contributed by atoms with Crippen LogP contribution in [-0.2, 0) is 15.1 Å². The number of amidine groups is 1. The standard InChI is InChI=1S/C23H23F2N5O4S/c1-6-7-34-17-11-27-16(10-28-17)19(31)29-13-8-14(18(25)15(24)9-13)22(3)12(2)23(4,20(32)33-5)35-21(26)30-22/h1,8-12H,7H2,2-5H3,(H2,26,30)(H,29,31)/t12-,22-,23-/m0/s1. The van der Waals surface area contributed by atoms with Gasteiger partial charge in [-0.25, -0.2) is 18.7 Å². The van der Waals surface area contributed by atoms with E-state index in [-0.39, 0.29) is 34.6 Å². The second-order valence-corrected chi connectivity index (χ2v) is 9.50. The van der Waals surface area contributed by atoms with Gasteiger partial charge in [-0.3, -0.25) is 14.6 Å². The number of carbonyl (C=O) groups excluding carboxylic acids is 2. The monoisotopic (exact) mass is 503 g/mol. The van der Waals surface area contributed by atoms with Crippen molar-refractivity contribution in [1.82, 2.24) is 9.97 Å². The van der Waals surface area contributed by atoms with Crippen LogP contribution < -0.4 is 15.8 Å². The van der Waals surface area contributed by atoms with Gasteiger partial charge < -0.3 is 20.5 Å². The van der Waals surface area contributed by atoms with Gasteiger partial charge in [0.25, 0.3) is 5.91 Å². The average molecular weight is 504 g/mol. The number of terminal acetylenes is 1. The van der Waals surface area contributed by atoms with E-state index in [1.165, 1.54) is 26.3 Å². The Balaban J connectivity index is 1.97. The van der Waals surface area contributed by atoms with Crippen LogP contribution in [0.2, 0.25) is 0 Å². The van der Waals surface area contributed by atoms with Gasteiger partial charge in [0.1, 0.15) is 10.4 Å². The van der Waals surface area contributed by atoms with Gasteiger partial charge in [0.05, 0.1) is 25.0 Å². The fourth-order valence-corrected chi connectivity index (χ4v) is 5.00. The van der Waals surface area contributed by atoms with Crippen LogP contribution in [0.25, 0.3) is 0 Å². The number of nitrogens with zero attached hydrogens (tertiary/aromatic N) is 3. The largest absolute Gasteiger partial charge is 0.468 e. The fourth-order valence-electron chi connectivity index (χ4n) is 3.75. The van der Waals surface area contributed by atoms with Crippen molar-refractivity contribution in [2.45, 2.75) is 31.1 Å². The molecule has 2 aromatic rings. The van der Waals surface area contributed by atoms with E-state index in [2.05, 4.69) is 26.2 Å². The molecule has 184 valence electrons. The zero-order valence-electron chi connectivity index (χ0n) is 19.4. The molecule has 0 saturated carbocycles. The predicted octanol–water partition coefficient (Wildman–Crippen LogP) is 2.86. The summed E-state index contributed by atoms with van der Waals surface area (Å²) in [6.45, 7) is 4.79. The van der Waals surface area contributed by atoms with E-state index in [0.29, 0.717) is 0 Å². The third-order valence-electron chi connectivity index (χ3n) is 5.91. The predicted molar refractivity (Wildman–Crippen MR) is 127 cm³/mol. The lowest BCUT2D eigenvalue weighted by Crippen LogP contribution is -2.53. The molecule has 2 heterocycles. The summed E-state index contributed by atoms with van der Waals surface area (Å²) in [4.78, 5) is 37.4. The van der Waals surface area contributed by atoms with Crippen LogP contribution in [0.3, 0.4) is 0 Å². The lowest BCUT2D eigenvalue weighted by Gasteiger charge is -2.45. The first kappa shape index (κ1) is 25.9. The number of nitrogens with one attached hydrogen (secondary N) is 1. The number of rotatable bonds is 6. The Morgan fingerprint density at radius 2 is 2.00 bits per heavy atom. The van der Waals surface area contributed by atoms with Crippen molar-refractivity contribution in [2.24, 2.45) is 16.6 Å². The van der Waals surface area contributed by atoms with Gasteiger partial charge in [-0.1, -0.05) is 24.6 Å². The molecule has 0 aliphatic carbocycles. The van der Waals surface area contributed by atoms with Crippen molar-refractivity contribution in [3.8, 4) is 18.2 Å². The van der Waals surface area contributed by atoms with Crippen molar-refractivity contribution < 1.29 is 27.8 Å². The maximum absolute atomic E-state index is 15.1. The Morgan fingerprint density at radius 3 is 2.60 bits per heavy atom. The number of esters is 1. The Labute approximate surface area is 204 Å².